The minimum atomic E-state index is -0.538. The first-order chi connectivity index (χ1) is 9.43. The average molecular weight is 356 g/mol. The molecule has 0 aliphatic carbocycles. The summed E-state index contributed by atoms with van der Waals surface area (Å²) in [6.07, 6.45) is 1.75. The van der Waals surface area contributed by atoms with Gasteiger partial charge in [0, 0.05) is 34.3 Å². The molecule has 0 aliphatic rings. The first-order valence-corrected chi connectivity index (χ1v) is 7.98. The van der Waals surface area contributed by atoms with Crippen molar-refractivity contribution in [2.75, 3.05) is 7.11 Å². The van der Waals surface area contributed by atoms with Crippen LogP contribution in [0.2, 0.25) is 0 Å². The molecule has 0 bridgehead atoms. The summed E-state index contributed by atoms with van der Waals surface area (Å²) in [6.45, 7) is 5.98. The van der Waals surface area contributed by atoms with Crippen molar-refractivity contribution in [2.24, 2.45) is 0 Å². The molecular formula is C15H18BrNO2S. The van der Waals surface area contributed by atoms with E-state index in [2.05, 4.69) is 20.9 Å². The molecule has 2 aromatic rings. The number of aromatic nitrogens is 1. The molecule has 0 radical (unpaired) electrons. The second kappa shape index (κ2) is 6.24. The van der Waals surface area contributed by atoms with Crippen LogP contribution in [0.5, 0.6) is 5.75 Å². The second-order valence-corrected chi connectivity index (χ2v) is 7.27. The molecule has 0 spiro atoms. The maximum atomic E-state index is 10.4. The summed E-state index contributed by atoms with van der Waals surface area (Å²) in [6, 6.07) is 2.01. The fourth-order valence-electron chi connectivity index (χ4n) is 2.21. The fourth-order valence-corrected chi connectivity index (χ4v) is 3.77. The van der Waals surface area contributed by atoms with Crippen LogP contribution in [0.15, 0.2) is 16.0 Å². The van der Waals surface area contributed by atoms with Crippen molar-refractivity contribution in [1.82, 2.24) is 4.98 Å². The fraction of sp³-hybridized carbons (Fsp3) is 0.400. The number of pyridine rings is 1. The highest BCUT2D eigenvalue weighted by Gasteiger charge is 2.17. The molecule has 0 amide bonds. The van der Waals surface area contributed by atoms with Crippen LogP contribution in [-0.2, 0) is 6.42 Å². The predicted molar refractivity (Wildman–Crippen MR) is 85.7 cm³/mol. The van der Waals surface area contributed by atoms with Crippen LogP contribution in [0.3, 0.4) is 0 Å². The maximum Gasteiger partial charge on any atom is 0.128 e. The zero-order valence-electron chi connectivity index (χ0n) is 12.0. The number of hydrogen-bond donors (Lipinski definition) is 1. The zero-order chi connectivity index (χ0) is 14.9. The van der Waals surface area contributed by atoms with Crippen molar-refractivity contribution in [3.63, 3.8) is 0 Å². The lowest BCUT2D eigenvalue weighted by molar-refractivity contribution is 0.180. The topological polar surface area (TPSA) is 42.4 Å². The molecule has 0 saturated carbocycles. The van der Waals surface area contributed by atoms with E-state index >= 15 is 0 Å². The van der Waals surface area contributed by atoms with E-state index in [-0.39, 0.29) is 0 Å². The van der Waals surface area contributed by atoms with Crippen LogP contribution in [0.4, 0.5) is 0 Å². The molecule has 108 valence electrons. The second-order valence-electron chi connectivity index (χ2n) is 4.87. The summed E-state index contributed by atoms with van der Waals surface area (Å²) in [4.78, 5) is 5.39. The number of aryl methyl sites for hydroxylation is 2. The van der Waals surface area contributed by atoms with Gasteiger partial charge in [-0.15, -0.1) is 11.3 Å². The van der Waals surface area contributed by atoms with E-state index in [9.17, 15) is 5.11 Å². The van der Waals surface area contributed by atoms with Gasteiger partial charge in [-0.25, -0.2) is 0 Å². The number of aliphatic hydroxyl groups excluding tert-OH is 1. The molecule has 0 saturated heterocycles. The van der Waals surface area contributed by atoms with Crippen LogP contribution >= 0.6 is 27.3 Å². The normalized spacial score (nSPS) is 12.5. The van der Waals surface area contributed by atoms with Crippen LogP contribution in [0.1, 0.15) is 33.4 Å². The monoisotopic (exact) mass is 355 g/mol. The zero-order valence-corrected chi connectivity index (χ0v) is 14.4. The Morgan fingerprint density at radius 3 is 2.60 bits per heavy atom. The van der Waals surface area contributed by atoms with E-state index in [0.29, 0.717) is 6.42 Å². The molecule has 2 rings (SSSR count). The third-order valence-corrected chi connectivity index (χ3v) is 5.58. The van der Waals surface area contributed by atoms with Crippen molar-refractivity contribution in [1.29, 1.82) is 0 Å². The number of nitrogens with zero attached hydrogens (tertiary/aromatic N) is 1. The summed E-state index contributed by atoms with van der Waals surface area (Å²) < 4.78 is 6.47. The largest absolute Gasteiger partial charge is 0.496 e. The van der Waals surface area contributed by atoms with Gasteiger partial charge < -0.3 is 9.84 Å². The van der Waals surface area contributed by atoms with Gasteiger partial charge in [0.25, 0.3) is 0 Å². The molecule has 1 N–H and O–H groups in total. The van der Waals surface area contributed by atoms with Gasteiger partial charge in [-0.3, -0.25) is 4.98 Å². The highest BCUT2D eigenvalue weighted by atomic mass is 79.9. The molecule has 0 fully saturated rings. The molecule has 1 atom stereocenters. The van der Waals surface area contributed by atoms with Crippen molar-refractivity contribution in [2.45, 2.75) is 33.3 Å². The van der Waals surface area contributed by atoms with Gasteiger partial charge in [-0.1, -0.05) is 0 Å². The van der Waals surface area contributed by atoms with Crippen molar-refractivity contribution in [3.05, 3.63) is 43.3 Å². The molecule has 5 heteroatoms. The lowest BCUT2D eigenvalue weighted by atomic mass is 10.0. The van der Waals surface area contributed by atoms with Gasteiger partial charge in [0.2, 0.25) is 0 Å². The number of aliphatic hydroxyl groups is 1. The van der Waals surface area contributed by atoms with Crippen LogP contribution in [0, 0.1) is 20.8 Å². The molecule has 1 unspecified atom stereocenters. The van der Waals surface area contributed by atoms with E-state index < -0.39 is 6.10 Å². The van der Waals surface area contributed by atoms with Gasteiger partial charge in [-0.2, -0.15) is 0 Å². The Labute approximate surface area is 131 Å². The summed E-state index contributed by atoms with van der Waals surface area (Å²) >= 11 is 5.06. The number of thiophene rings is 1. The standard InChI is InChI=1S/C15H18BrNO2S/c1-8-5-13(20-15(8)16)12(18)6-11-10(3)14(19-4)9(2)7-17-11/h5,7,12,18H,6H2,1-4H3. The highest BCUT2D eigenvalue weighted by Crippen LogP contribution is 2.34. The molecule has 2 heterocycles. The third kappa shape index (κ3) is 3.05. The minimum Gasteiger partial charge on any atom is -0.496 e. The molecular weight excluding hydrogens is 338 g/mol. The third-order valence-electron chi connectivity index (χ3n) is 3.34. The number of rotatable bonds is 4. The van der Waals surface area contributed by atoms with Gasteiger partial charge >= 0.3 is 0 Å². The summed E-state index contributed by atoms with van der Waals surface area (Å²) in [5.74, 6) is 0.853. The first-order valence-electron chi connectivity index (χ1n) is 6.37. The Morgan fingerprint density at radius 1 is 1.35 bits per heavy atom. The molecule has 2 aromatic heterocycles. The maximum absolute atomic E-state index is 10.4. The van der Waals surface area contributed by atoms with E-state index in [1.54, 1.807) is 24.6 Å². The lowest BCUT2D eigenvalue weighted by Crippen LogP contribution is -2.05. The minimum absolute atomic E-state index is 0.495. The Balaban J connectivity index is 2.26. The summed E-state index contributed by atoms with van der Waals surface area (Å²) in [7, 11) is 1.66. The Kier molecular flexibility index (Phi) is 4.83. The highest BCUT2D eigenvalue weighted by molar-refractivity contribution is 9.11. The number of halogens is 1. The van der Waals surface area contributed by atoms with Gasteiger partial charge in [0.15, 0.2) is 0 Å². The molecule has 3 nitrogen and oxygen atoms in total. The molecule has 20 heavy (non-hydrogen) atoms. The number of methoxy groups -OCH3 is 1. The predicted octanol–water partition coefficient (Wildman–Crippen LogP) is 4.12. The van der Waals surface area contributed by atoms with Crippen molar-refractivity contribution in [3.8, 4) is 5.75 Å². The van der Waals surface area contributed by atoms with E-state index in [0.717, 1.165) is 36.8 Å². The van der Waals surface area contributed by atoms with Crippen molar-refractivity contribution >= 4 is 27.3 Å². The summed E-state index contributed by atoms with van der Waals surface area (Å²) in [5.41, 5.74) is 4.04. The molecule has 0 aromatic carbocycles. The Bertz CT molecular complexity index is 605. The smallest absolute Gasteiger partial charge is 0.128 e. The Hall–Kier alpha value is -0.910. The van der Waals surface area contributed by atoms with Crippen LogP contribution in [0.25, 0.3) is 0 Å². The Morgan fingerprint density at radius 2 is 2.05 bits per heavy atom. The van der Waals surface area contributed by atoms with Crippen LogP contribution < -0.4 is 4.74 Å². The van der Waals surface area contributed by atoms with Crippen molar-refractivity contribution < 1.29 is 9.84 Å². The average Bonchev–Trinajstić information content (AvgIpc) is 2.74. The SMILES string of the molecule is COc1c(C)cnc(CC(O)c2cc(C)c(Br)s2)c1C. The van der Waals surface area contributed by atoms with E-state index in [4.69, 9.17) is 4.74 Å². The summed E-state index contributed by atoms with van der Waals surface area (Å²) in [5, 5.41) is 10.4. The van der Waals surface area contributed by atoms with Gasteiger partial charge in [0.05, 0.1) is 17.0 Å². The van der Waals surface area contributed by atoms with E-state index in [1.165, 1.54) is 0 Å². The lowest BCUT2D eigenvalue weighted by Gasteiger charge is -2.14. The number of ether oxygens (including phenoxy) is 1. The van der Waals surface area contributed by atoms with Gasteiger partial charge in [0.1, 0.15) is 5.75 Å². The van der Waals surface area contributed by atoms with E-state index in [1.807, 2.05) is 26.8 Å². The first kappa shape index (κ1) is 15.5. The molecule has 0 aliphatic heterocycles. The van der Waals surface area contributed by atoms with Gasteiger partial charge in [-0.05, 0) is 48.3 Å². The number of hydrogen-bond acceptors (Lipinski definition) is 4. The van der Waals surface area contributed by atoms with Crippen LogP contribution in [-0.4, -0.2) is 17.2 Å². The quantitative estimate of drug-likeness (QED) is 0.896.